The minimum absolute atomic E-state index is 0.115. The van der Waals surface area contributed by atoms with E-state index in [1.807, 2.05) is 0 Å². The van der Waals surface area contributed by atoms with Crippen LogP contribution < -0.4 is 10.6 Å². The molecule has 2 rings (SSSR count). The summed E-state index contributed by atoms with van der Waals surface area (Å²) in [4.78, 5) is 26.0. The van der Waals surface area contributed by atoms with Gasteiger partial charge >= 0.3 is 6.18 Å². The first-order valence-electron chi connectivity index (χ1n) is 9.33. The van der Waals surface area contributed by atoms with Crippen LogP contribution in [0.5, 0.6) is 0 Å². The molecule has 1 unspecified atom stereocenters. The van der Waals surface area contributed by atoms with E-state index in [-0.39, 0.29) is 36.5 Å². The smallest absolute Gasteiger partial charge is 0.348 e. The first-order chi connectivity index (χ1) is 14.1. The summed E-state index contributed by atoms with van der Waals surface area (Å²) in [6.45, 7) is 3.44. The van der Waals surface area contributed by atoms with Crippen molar-refractivity contribution in [3.05, 3.63) is 65.5 Å². The molecule has 0 spiro atoms. The zero-order valence-electron chi connectivity index (χ0n) is 16.6. The number of carbonyl (C=O) groups excluding carboxylic acids is 2. The number of nitrogens with one attached hydrogen (secondary N) is 2. The molecule has 0 radical (unpaired) electrons. The predicted octanol–water partition coefficient (Wildman–Crippen LogP) is 3.98. The Hall–Kier alpha value is -2.94. The van der Waals surface area contributed by atoms with Crippen LogP contribution in [-0.4, -0.2) is 36.3 Å². The zero-order valence-corrected chi connectivity index (χ0v) is 16.6. The quantitative estimate of drug-likeness (QED) is 0.629. The fraction of sp³-hybridized carbons (Fsp3) is 0.333. The van der Waals surface area contributed by atoms with Gasteiger partial charge < -0.3 is 10.6 Å². The van der Waals surface area contributed by atoms with Crippen molar-refractivity contribution in [2.75, 3.05) is 25.0 Å². The van der Waals surface area contributed by atoms with Gasteiger partial charge in [0.1, 0.15) is 5.82 Å². The number of amides is 2. The molecule has 0 aromatic heterocycles. The van der Waals surface area contributed by atoms with Gasteiger partial charge in [-0.05, 0) is 43.3 Å². The number of halogens is 4. The lowest BCUT2D eigenvalue weighted by molar-refractivity contribution is -0.137. The van der Waals surface area contributed by atoms with Crippen LogP contribution in [0.4, 0.5) is 23.2 Å². The largest absolute Gasteiger partial charge is 0.418 e. The highest BCUT2D eigenvalue weighted by Crippen LogP contribution is 2.34. The Morgan fingerprint density at radius 3 is 2.20 bits per heavy atom. The van der Waals surface area contributed by atoms with Gasteiger partial charge in [0.15, 0.2) is 0 Å². The Morgan fingerprint density at radius 1 is 1.00 bits per heavy atom. The maximum Gasteiger partial charge on any atom is 0.418 e. The number of carbonyl (C=O) groups is 2. The Balaban J connectivity index is 1.93. The number of hydrogen-bond acceptors (Lipinski definition) is 3. The molecular formula is C21H23F4N3O2. The van der Waals surface area contributed by atoms with E-state index < -0.39 is 17.6 Å². The van der Waals surface area contributed by atoms with Gasteiger partial charge in [-0.2, -0.15) is 13.2 Å². The van der Waals surface area contributed by atoms with Crippen LogP contribution in [0.25, 0.3) is 0 Å². The van der Waals surface area contributed by atoms with E-state index in [1.165, 1.54) is 35.2 Å². The lowest BCUT2D eigenvalue weighted by Gasteiger charge is -2.22. The molecule has 0 saturated carbocycles. The molecular weight excluding hydrogens is 402 g/mol. The monoisotopic (exact) mass is 425 g/mol. The molecule has 0 fully saturated rings. The maximum atomic E-state index is 13.0. The van der Waals surface area contributed by atoms with E-state index in [0.717, 1.165) is 6.07 Å². The van der Waals surface area contributed by atoms with Gasteiger partial charge in [0.05, 0.1) is 30.4 Å². The summed E-state index contributed by atoms with van der Waals surface area (Å²) in [5.74, 6) is -1.40. The molecule has 0 bridgehead atoms. The van der Waals surface area contributed by atoms with E-state index in [1.54, 1.807) is 26.0 Å². The van der Waals surface area contributed by atoms with Gasteiger partial charge in [-0.1, -0.05) is 31.2 Å². The fourth-order valence-corrected chi connectivity index (χ4v) is 2.84. The molecule has 2 aromatic rings. The summed E-state index contributed by atoms with van der Waals surface area (Å²) in [5.41, 5.74) is -0.554. The van der Waals surface area contributed by atoms with Crippen LogP contribution in [-0.2, 0) is 15.8 Å². The lowest BCUT2D eigenvalue weighted by Crippen LogP contribution is -2.41. The highest BCUT2D eigenvalue weighted by Gasteiger charge is 2.33. The molecule has 2 N–H and O–H groups in total. The second-order valence-electron chi connectivity index (χ2n) is 6.74. The Kier molecular flexibility index (Phi) is 7.93. The Morgan fingerprint density at radius 2 is 1.60 bits per heavy atom. The molecule has 162 valence electrons. The number of likely N-dealkylation sites (N-methyl/N-ethyl adjacent to an activating group) is 1. The van der Waals surface area contributed by atoms with Crippen molar-refractivity contribution in [3.8, 4) is 0 Å². The normalized spacial score (nSPS) is 12.5. The maximum absolute atomic E-state index is 13.0. The Bertz CT molecular complexity index is 869. The van der Waals surface area contributed by atoms with Crippen molar-refractivity contribution in [3.63, 3.8) is 0 Å². The summed E-state index contributed by atoms with van der Waals surface area (Å²) in [7, 11) is 0. The van der Waals surface area contributed by atoms with Crippen LogP contribution in [0.3, 0.4) is 0 Å². The van der Waals surface area contributed by atoms with Crippen molar-refractivity contribution in [2.24, 2.45) is 0 Å². The van der Waals surface area contributed by atoms with Crippen molar-refractivity contribution in [1.82, 2.24) is 10.2 Å². The van der Waals surface area contributed by atoms with Crippen LogP contribution in [0.2, 0.25) is 0 Å². The second kappa shape index (κ2) is 10.2. The number of nitrogens with zero attached hydrogens (tertiary/aromatic N) is 1. The summed E-state index contributed by atoms with van der Waals surface area (Å²) in [5, 5.41) is 5.01. The summed E-state index contributed by atoms with van der Waals surface area (Å²) < 4.78 is 52.1. The van der Waals surface area contributed by atoms with E-state index in [2.05, 4.69) is 10.6 Å². The zero-order chi connectivity index (χ0) is 22.3. The number of para-hydroxylation sites is 1. The first-order valence-corrected chi connectivity index (χ1v) is 9.33. The van der Waals surface area contributed by atoms with E-state index >= 15 is 0 Å². The number of alkyl halides is 3. The molecule has 0 aliphatic carbocycles. The van der Waals surface area contributed by atoms with E-state index in [4.69, 9.17) is 0 Å². The third-order valence-corrected chi connectivity index (χ3v) is 4.44. The molecule has 30 heavy (non-hydrogen) atoms. The molecule has 2 amide bonds. The molecule has 0 saturated heterocycles. The Labute approximate surface area is 172 Å². The van der Waals surface area contributed by atoms with Gasteiger partial charge in [-0.25, -0.2) is 4.39 Å². The van der Waals surface area contributed by atoms with Gasteiger partial charge in [-0.15, -0.1) is 0 Å². The molecule has 5 nitrogen and oxygen atoms in total. The molecule has 2 aromatic carbocycles. The van der Waals surface area contributed by atoms with Crippen LogP contribution in [0, 0.1) is 5.82 Å². The van der Waals surface area contributed by atoms with E-state index in [9.17, 15) is 27.2 Å². The highest BCUT2D eigenvalue weighted by molar-refractivity contribution is 5.93. The van der Waals surface area contributed by atoms with Gasteiger partial charge in [0.2, 0.25) is 11.8 Å². The number of benzene rings is 2. The van der Waals surface area contributed by atoms with Gasteiger partial charge in [-0.3, -0.25) is 14.5 Å². The van der Waals surface area contributed by atoms with Gasteiger partial charge in [0.25, 0.3) is 0 Å². The molecule has 0 aliphatic heterocycles. The average molecular weight is 425 g/mol. The van der Waals surface area contributed by atoms with Crippen LogP contribution in [0.1, 0.15) is 31.0 Å². The SMILES string of the molecule is CCN(CC(=O)Nc1ccccc1C(F)(F)F)CC(=O)NC(C)c1ccc(F)cc1. The first kappa shape index (κ1) is 23.3. The minimum atomic E-state index is -4.59. The highest BCUT2D eigenvalue weighted by atomic mass is 19.4. The van der Waals surface area contributed by atoms with Crippen molar-refractivity contribution in [1.29, 1.82) is 0 Å². The third-order valence-electron chi connectivity index (χ3n) is 4.44. The van der Waals surface area contributed by atoms with E-state index in [0.29, 0.717) is 12.1 Å². The van der Waals surface area contributed by atoms with Gasteiger partial charge in [0, 0.05) is 0 Å². The van der Waals surface area contributed by atoms with Crippen LogP contribution >= 0.6 is 0 Å². The predicted molar refractivity (Wildman–Crippen MR) is 105 cm³/mol. The summed E-state index contributed by atoms with van der Waals surface area (Å²) in [6, 6.07) is 10.0. The number of rotatable bonds is 8. The summed E-state index contributed by atoms with van der Waals surface area (Å²) >= 11 is 0. The average Bonchev–Trinajstić information content (AvgIpc) is 2.67. The number of anilines is 1. The summed E-state index contributed by atoms with van der Waals surface area (Å²) in [6.07, 6.45) is -4.59. The van der Waals surface area contributed by atoms with Crippen LogP contribution in [0.15, 0.2) is 48.5 Å². The van der Waals surface area contributed by atoms with Crippen molar-refractivity contribution in [2.45, 2.75) is 26.1 Å². The third kappa shape index (κ3) is 6.84. The molecule has 9 heteroatoms. The lowest BCUT2D eigenvalue weighted by atomic mass is 10.1. The fourth-order valence-electron chi connectivity index (χ4n) is 2.84. The second-order valence-corrected chi connectivity index (χ2v) is 6.74. The van der Waals surface area contributed by atoms with Crippen molar-refractivity contribution >= 4 is 17.5 Å². The molecule has 0 aliphatic rings. The molecule has 1 atom stereocenters. The number of hydrogen-bond donors (Lipinski definition) is 2. The minimum Gasteiger partial charge on any atom is -0.348 e. The standard InChI is InChI=1S/C21H23F4N3O2/c1-3-28(12-19(29)26-14(2)15-8-10-16(22)11-9-15)13-20(30)27-18-7-5-4-6-17(18)21(23,24)25/h4-11,14H,3,12-13H2,1-2H3,(H,26,29)(H,27,30). The molecule has 0 heterocycles. The topological polar surface area (TPSA) is 61.4 Å². The van der Waals surface area contributed by atoms with Crippen molar-refractivity contribution < 1.29 is 27.2 Å².